The number of carbonyl (C=O) groups excluding carboxylic acids is 2. The number of anilines is 1. The highest BCUT2D eigenvalue weighted by molar-refractivity contribution is 5.96. The van der Waals surface area contributed by atoms with Crippen molar-refractivity contribution < 1.29 is 14.3 Å². The van der Waals surface area contributed by atoms with E-state index < -0.39 is 0 Å². The van der Waals surface area contributed by atoms with Gasteiger partial charge in [-0.3, -0.25) is 4.79 Å². The average Bonchev–Trinajstić information content (AvgIpc) is 2.98. The Morgan fingerprint density at radius 1 is 1.19 bits per heavy atom. The minimum absolute atomic E-state index is 0.0329. The molecule has 1 aromatic carbocycles. The predicted molar refractivity (Wildman–Crippen MR) is 101 cm³/mol. The lowest BCUT2D eigenvalue weighted by atomic mass is 9.86. The first-order valence-corrected chi connectivity index (χ1v) is 9.67. The van der Waals surface area contributed by atoms with E-state index in [9.17, 15) is 9.59 Å². The summed E-state index contributed by atoms with van der Waals surface area (Å²) in [7, 11) is 0. The Morgan fingerprint density at radius 2 is 1.92 bits per heavy atom. The molecule has 6 heteroatoms. The van der Waals surface area contributed by atoms with Crippen molar-refractivity contribution in [2.75, 3.05) is 18.1 Å². The van der Waals surface area contributed by atoms with Crippen LogP contribution in [0.4, 0.5) is 10.5 Å². The molecule has 0 spiro atoms. The monoisotopic (exact) mass is 359 g/mol. The van der Waals surface area contributed by atoms with Crippen LogP contribution >= 0.6 is 0 Å². The number of amides is 3. The molecule has 0 radical (unpaired) electrons. The van der Waals surface area contributed by atoms with Gasteiger partial charge >= 0.3 is 6.03 Å². The Bertz CT molecular complexity index is 632. The van der Waals surface area contributed by atoms with Gasteiger partial charge in [0, 0.05) is 24.7 Å². The summed E-state index contributed by atoms with van der Waals surface area (Å²) in [5, 5.41) is 6.06. The van der Waals surface area contributed by atoms with Crippen molar-refractivity contribution in [3.05, 3.63) is 24.3 Å². The van der Waals surface area contributed by atoms with Gasteiger partial charge in [-0.2, -0.15) is 0 Å². The Morgan fingerprint density at radius 3 is 2.62 bits per heavy atom. The molecule has 0 bridgehead atoms. The smallest absolute Gasteiger partial charge is 0.315 e. The zero-order valence-electron chi connectivity index (χ0n) is 15.7. The number of urea groups is 1. The van der Waals surface area contributed by atoms with Gasteiger partial charge < -0.3 is 20.3 Å². The molecule has 2 N–H and O–H groups in total. The molecule has 3 rings (SSSR count). The van der Waals surface area contributed by atoms with E-state index in [1.165, 1.54) is 19.3 Å². The highest BCUT2D eigenvalue weighted by Crippen LogP contribution is 2.25. The molecule has 26 heavy (non-hydrogen) atoms. The van der Waals surface area contributed by atoms with E-state index in [-0.39, 0.29) is 24.0 Å². The SMILES string of the molecule is CCOc1ccc(N2CC(NC(=O)NC3CCCCC3C)CC2=O)cc1. The lowest BCUT2D eigenvalue weighted by molar-refractivity contribution is -0.117. The molecule has 3 unspecified atom stereocenters. The number of carbonyl (C=O) groups is 2. The van der Waals surface area contributed by atoms with Crippen LogP contribution in [0.3, 0.4) is 0 Å². The van der Waals surface area contributed by atoms with Crippen LogP contribution in [0.1, 0.15) is 46.0 Å². The van der Waals surface area contributed by atoms with Crippen LogP contribution in [0.2, 0.25) is 0 Å². The summed E-state index contributed by atoms with van der Waals surface area (Å²) in [6, 6.07) is 7.42. The molecule has 2 aliphatic rings. The zero-order valence-corrected chi connectivity index (χ0v) is 15.7. The van der Waals surface area contributed by atoms with Gasteiger partial charge in [-0.05, 0) is 49.9 Å². The highest BCUT2D eigenvalue weighted by atomic mass is 16.5. The number of hydrogen-bond acceptors (Lipinski definition) is 3. The van der Waals surface area contributed by atoms with Crippen molar-refractivity contribution in [2.24, 2.45) is 5.92 Å². The molecule has 3 atom stereocenters. The van der Waals surface area contributed by atoms with Crippen LogP contribution in [0.15, 0.2) is 24.3 Å². The maximum absolute atomic E-state index is 12.3. The normalized spacial score (nSPS) is 25.8. The summed E-state index contributed by atoms with van der Waals surface area (Å²) >= 11 is 0. The van der Waals surface area contributed by atoms with Crippen molar-refractivity contribution in [1.29, 1.82) is 0 Å². The van der Waals surface area contributed by atoms with Crippen LogP contribution in [0.25, 0.3) is 0 Å². The molecule has 6 nitrogen and oxygen atoms in total. The number of benzene rings is 1. The van der Waals surface area contributed by atoms with Gasteiger partial charge in [0.1, 0.15) is 5.75 Å². The van der Waals surface area contributed by atoms with E-state index in [0.29, 0.717) is 25.5 Å². The Kier molecular flexibility index (Phi) is 6.01. The van der Waals surface area contributed by atoms with E-state index in [1.54, 1.807) is 4.90 Å². The van der Waals surface area contributed by atoms with Crippen LogP contribution in [-0.2, 0) is 4.79 Å². The summed E-state index contributed by atoms with van der Waals surface area (Å²) in [5.41, 5.74) is 0.837. The summed E-state index contributed by atoms with van der Waals surface area (Å²) in [6.45, 7) is 5.24. The minimum atomic E-state index is -0.159. The third-order valence-electron chi connectivity index (χ3n) is 5.35. The number of ether oxygens (including phenoxy) is 1. The van der Waals surface area contributed by atoms with E-state index in [0.717, 1.165) is 17.9 Å². The molecular weight excluding hydrogens is 330 g/mol. The molecule has 1 aliphatic heterocycles. The largest absolute Gasteiger partial charge is 0.494 e. The predicted octanol–water partition coefficient (Wildman–Crippen LogP) is 3.07. The number of hydrogen-bond donors (Lipinski definition) is 2. The summed E-state index contributed by atoms with van der Waals surface area (Å²) < 4.78 is 5.44. The lowest BCUT2D eigenvalue weighted by Crippen LogP contribution is -2.49. The van der Waals surface area contributed by atoms with Crippen molar-refractivity contribution in [3.8, 4) is 5.75 Å². The first-order valence-electron chi connectivity index (χ1n) is 9.67. The van der Waals surface area contributed by atoms with Gasteiger partial charge in [0.25, 0.3) is 0 Å². The molecule has 1 heterocycles. The highest BCUT2D eigenvalue weighted by Gasteiger charge is 2.32. The summed E-state index contributed by atoms with van der Waals surface area (Å²) in [4.78, 5) is 26.4. The van der Waals surface area contributed by atoms with Crippen LogP contribution in [-0.4, -0.2) is 37.2 Å². The van der Waals surface area contributed by atoms with Crippen molar-refractivity contribution in [1.82, 2.24) is 10.6 Å². The van der Waals surface area contributed by atoms with Crippen molar-refractivity contribution in [3.63, 3.8) is 0 Å². The van der Waals surface area contributed by atoms with Gasteiger partial charge in [0.15, 0.2) is 0 Å². The maximum atomic E-state index is 12.3. The van der Waals surface area contributed by atoms with E-state index in [1.807, 2.05) is 31.2 Å². The third-order valence-corrected chi connectivity index (χ3v) is 5.35. The van der Waals surface area contributed by atoms with Crippen LogP contribution in [0.5, 0.6) is 5.75 Å². The second-order valence-electron chi connectivity index (χ2n) is 7.32. The second kappa shape index (κ2) is 8.43. The lowest BCUT2D eigenvalue weighted by Gasteiger charge is -2.30. The van der Waals surface area contributed by atoms with Gasteiger partial charge in [-0.15, -0.1) is 0 Å². The average molecular weight is 359 g/mol. The Labute approximate surface area is 155 Å². The minimum Gasteiger partial charge on any atom is -0.494 e. The van der Waals surface area contributed by atoms with Gasteiger partial charge in [0.2, 0.25) is 5.91 Å². The van der Waals surface area contributed by atoms with Gasteiger partial charge in [0.05, 0.1) is 12.6 Å². The summed E-state index contributed by atoms with van der Waals surface area (Å²) in [6.07, 6.45) is 4.95. The molecule has 2 fully saturated rings. The summed E-state index contributed by atoms with van der Waals surface area (Å²) in [5.74, 6) is 1.34. The number of rotatable bonds is 5. The fourth-order valence-corrected chi connectivity index (χ4v) is 3.87. The third kappa shape index (κ3) is 4.48. The molecule has 1 aromatic rings. The van der Waals surface area contributed by atoms with Crippen molar-refractivity contribution >= 4 is 17.6 Å². The number of nitrogens with zero attached hydrogens (tertiary/aromatic N) is 1. The van der Waals surface area contributed by atoms with E-state index in [2.05, 4.69) is 17.6 Å². The molecule has 1 saturated carbocycles. The van der Waals surface area contributed by atoms with E-state index >= 15 is 0 Å². The molecule has 1 aliphatic carbocycles. The fourth-order valence-electron chi connectivity index (χ4n) is 3.87. The standard InChI is InChI=1S/C20H29N3O3/c1-3-26-17-10-8-16(9-11-17)23-13-15(12-19(23)24)21-20(25)22-18-7-5-4-6-14(18)2/h8-11,14-15,18H,3-7,12-13H2,1-2H3,(H2,21,22,25). The van der Waals surface area contributed by atoms with E-state index in [4.69, 9.17) is 4.74 Å². The molecule has 0 aromatic heterocycles. The van der Waals surface area contributed by atoms with Gasteiger partial charge in [-0.1, -0.05) is 19.8 Å². The molecular formula is C20H29N3O3. The maximum Gasteiger partial charge on any atom is 0.315 e. The Balaban J connectivity index is 1.53. The zero-order chi connectivity index (χ0) is 18.5. The van der Waals surface area contributed by atoms with Crippen molar-refractivity contribution in [2.45, 2.75) is 58.0 Å². The topological polar surface area (TPSA) is 70.7 Å². The van der Waals surface area contributed by atoms with Gasteiger partial charge in [-0.25, -0.2) is 4.79 Å². The first-order chi connectivity index (χ1) is 12.6. The molecule has 1 saturated heterocycles. The first kappa shape index (κ1) is 18.5. The number of nitrogens with one attached hydrogen (secondary N) is 2. The quantitative estimate of drug-likeness (QED) is 0.849. The fraction of sp³-hybridized carbons (Fsp3) is 0.600. The second-order valence-corrected chi connectivity index (χ2v) is 7.32. The molecule has 3 amide bonds. The van der Waals surface area contributed by atoms with Crippen LogP contribution in [0, 0.1) is 5.92 Å². The Hall–Kier alpha value is -2.24. The molecule has 142 valence electrons. The van der Waals surface area contributed by atoms with Crippen LogP contribution < -0.4 is 20.3 Å².